The summed E-state index contributed by atoms with van der Waals surface area (Å²) >= 11 is 0. The highest BCUT2D eigenvalue weighted by Gasteiger charge is 2.31. The van der Waals surface area contributed by atoms with Crippen molar-refractivity contribution in [2.24, 2.45) is 0 Å². The van der Waals surface area contributed by atoms with E-state index >= 15 is 0 Å². The summed E-state index contributed by atoms with van der Waals surface area (Å²) in [6.07, 6.45) is -1.98. The molecule has 152 valence electrons. The van der Waals surface area contributed by atoms with Gasteiger partial charge in [0.15, 0.2) is 0 Å². The zero-order valence-corrected chi connectivity index (χ0v) is 16.1. The number of benzene rings is 1. The van der Waals surface area contributed by atoms with Gasteiger partial charge >= 0.3 is 6.36 Å². The van der Waals surface area contributed by atoms with Crippen LogP contribution in [0.15, 0.2) is 36.5 Å². The topological polar surface area (TPSA) is 44.7 Å². The number of ether oxygens (including phenoxy) is 1. The maximum atomic E-state index is 12.4. The average molecular weight is 395 g/mol. The van der Waals surface area contributed by atoms with Gasteiger partial charge in [0.25, 0.3) is 0 Å². The average Bonchev–Trinajstić information content (AvgIpc) is 3.08. The Morgan fingerprint density at radius 3 is 2.71 bits per heavy atom. The SMILES string of the molecule is CN(C)c1nccc(N(C)C2CCN(Cc3cccc(OC(F)(F)F)c3)C2)n1. The van der Waals surface area contributed by atoms with Crippen LogP contribution < -0.4 is 14.5 Å². The summed E-state index contributed by atoms with van der Waals surface area (Å²) in [4.78, 5) is 15.0. The van der Waals surface area contributed by atoms with Crippen LogP contribution in [0.2, 0.25) is 0 Å². The zero-order valence-electron chi connectivity index (χ0n) is 16.1. The van der Waals surface area contributed by atoms with Crippen LogP contribution >= 0.6 is 0 Å². The molecule has 1 saturated heterocycles. The van der Waals surface area contributed by atoms with E-state index in [9.17, 15) is 13.2 Å². The number of anilines is 2. The first-order chi connectivity index (χ1) is 13.2. The van der Waals surface area contributed by atoms with E-state index in [2.05, 4.69) is 24.5 Å². The van der Waals surface area contributed by atoms with E-state index in [0.717, 1.165) is 30.9 Å². The highest BCUT2D eigenvalue weighted by molar-refractivity contribution is 5.43. The largest absolute Gasteiger partial charge is 0.573 e. The molecule has 3 rings (SSSR count). The zero-order chi connectivity index (χ0) is 20.3. The first kappa shape index (κ1) is 20.2. The maximum absolute atomic E-state index is 12.4. The molecule has 1 aliphatic rings. The molecule has 0 radical (unpaired) electrons. The van der Waals surface area contributed by atoms with Gasteiger partial charge in [-0.15, -0.1) is 13.2 Å². The number of aromatic nitrogens is 2. The molecule has 0 aliphatic carbocycles. The van der Waals surface area contributed by atoms with E-state index in [1.165, 1.54) is 12.1 Å². The summed E-state index contributed by atoms with van der Waals surface area (Å²) < 4.78 is 41.2. The van der Waals surface area contributed by atoms with Crippen molar-refractivity contribution in [3.05, 3.63) is 42.1 Å². The van der Waals surface area contributed by atoms with Gasteiger partial charge in [0.1, 0.15) is 11.6 Å². The molecule has 0 amide bonds. The molecular weight excluding hydrogens is 371 g/mol. The molecule has 0 spiro atoms. The second-order valence-electron chi connectivity index (χ2n) is 7.09. The number of halogens is 3. The number of rotatable bonds is 6. The Labute approximate surface area is 162 Å². The number of alkyl halides is 3. The Hall–Kier alpha value is -2.55. The number of hydrogen-bond donors (Lipinski definition) is 0. The number of likely N-dealkylation sites (N-methyl/N-ethyl adjacent to an activating group) is 1. The van der Waals surface area contributed by atoms with Gasteiger partial charge in [-0.2, -0.15) is 4.98 Å². The summed E-state index contributed by atoms with van der Waals surface area (Å²) in [7, 11) is 5.80. The van der Waals surface area contributed by atoms with Gasteiger partial charge in [0.2, 0.25) is 5.95 Å². The van der Waals surface area contributed by atoms with E-state index in [1.807, 2.05) is 38.2 Å². The number of hydrogen-bond acceptors (Lipinski definition) is 6. The van der Waals surface area contributed by atoms with Crippen molar-refractivity contribution in [1.82, 2.24) is 14.9 Å². The highest BCUT2D eigenvalue weighted by atomic mass is 19.4. The minimum Gasteiger partial charge on any atom is -0.406 e. The van der Waals surface area contributed by atoms with E-state index in [0.29, 0.717) is 12.5 Å². The fourth-order valence-electron chi connectivity index (χ4n) is 3.31. The highest BCUT2D eigenvalue weighted by Crippen LogP contribution is 2.26. The Morgan fingerprint density at radius 2 is 2.00 bits per heavy atom. The molecule has 0 N–H and O–H groups in total. The molecule has 1 aromatic heterocycles. The van der Waals surface area contributed by atoms with Crippen molar-refractivity contribution in [1.29, 1.82) is 0 Å². The number of nitrogens with zero attached hydrogens (tertiary/aromatic N) is 5. The molecule has 0 bridgehead atoms. The molecule has 1 aliphatic heterocycles. The summed E-state index contributed by atoms with van der Waals surface area (Å²) in [5.41, 5.74) is 0.794. The van der Waals surface area contributed by atoms with E-state index in [1.54, 1.807) is 12.3 Å². The van der Waals surface area contributed by atoms with Crippen molar-refractivity contribution in [2.75, 3.05) is 44.0 Å². The van der Waals surface area contributed by atoms with E-state index < -0.39 is 6.36 Å². The second-order valence-corrected chi connectivity index (χ2v) is 7.09. The van der Waals surface area contributed by atoms with Crippen LogP contribution in [0.4, 0.5) is 24.9 Å². The number of likely N-dealkylation sites (tertiary alicyclic amines) is 1. The normalized spacial score (nSPS) is 17.6. The third-order valence-corrected chi connectivity index (χ3v) is 4.72. The molecule has 1 atom stereocenters. The fourth-order valence-corrected chi connectivity index (χ4v) is 3.31. The van der Waals surface area contributed by atoms with Crippen LogP contribution in [0, 0.1) is 0 Å². The van der Waals surface area contributed by atoms with Crippen LogP contribution in [0.1, 0.15) is 12.0 Å². The molecule has 6 nitrogen and oxygen atoms in total. The smallest absolute Gasteiger partial charge is 0.406 e. The van der Waals surface area contributed by atoms with Crippen LogP contribution in [0.25, 0.3) is 0 Å². The van der Waals surface area contributed by atoms with Gasteiger partial charge in [-0.05, 0) is 30.2 Å². The van der Waals surface area contributed by atoms with Gasteiger partial charge in [0.05, 0.1) is 0 Å². The second kappa shape index (κ2) is 8.22. The predicted molar refractivity (Wildman–Crippen MR) is 102 cm³/mol. The van der Waals surface area contributed by atoms with Crippen molar-refractivity contribution in [3.63, 3.8) is 0 Å². The van der Waals surface area contributed by atoms with Gasteiger partial charge in [-0.1, -0.05) is 12.1 Å². The molecule has 1 unspecified atom stereocenters. The van der Waals surface area contributed by atoms with Crippen molar-refractivity contribution >= 4 is 11.8 Å². The molecular formula is C19H24F3N5O. The maximum Gasteiger partial charge on any atom is 0.573 e. The van der Waals surface area contributed by atoms with Crippen LogP contribution in [-0.4, -0.2) is 61.5 Å². The van der Waals surface area contributed by atoms with Gasteiger partial charge in [-0.3, -0.25) is 4.90 Å². The lowest BCUT2D eigenvalue weighted by atomic mass is 10.2. The third kappa shape index (κ3) is 5.25. The Morgan fingerprint density at radius 1 is 1.21 bits per heavy atom. The molecule has 28 heavy (non-hydrogen) atoms. The first-order valence-corrected chi connectivity index (χ1v) is 9.01. The fraction of sp³-hybridized carbons (Fsp3) is 0.474. The third-order valence-electron chi connectivity index (χ3n) is 4.72. The van der Waals surface area contributed by atoms with Crippen LogP contribution in [0.3, 0.4) is 0 Å². The van der Waals surface area contributed by atoms with Crippen molar-refractivity contribution in [3.8, 4) is 5.75 Å². The summed E-state index contributed by atoms with van der Waals surface area (Å²) in [6, 6.07) is 8.31. The predicted octanol–water partition coefficient (Wildman–Crippen LogP) is 3.15. The Bertz CT molecular complexity index is 799. The first-order valence-electron chi connectivity index (χ1n) is 9.01. The standard InChI is InChI=1S/C19H24F3N5O/c1-25(2)18-23-9-7-17(24-18)26(3)15-8-10-27(13-15)12-14-5-4-6-16(11-14)28-19(20,21)22/h4-7,9,11,15H,8,10,12-13H2,1-3H3. The minimum atomic E-state index is -4.68. The van der Waals surface area contributed by atoms with E-state index in [4.69, 9.17) is 0 Å². The van der Waals surface area contributed by atoms with Gasteiger partial charge in [-0.25, -0.2) is 4.98 Å². The molecule has 0 saturated carbocycles. The van der Waals surface area contributed by atoms with E-state index in [-0.39, 0.29) is 11.8 Å². The molecule has 1 fully saturated rings. The summed E-state index contributed by atoms with van der Waals surface area (Å²) in [5, 5.41) is 0. The molecule has 2 heterocycles. The van der Waals surface area contributed by atoms with Crippen LogP contribution in [0.5, 0.6) is 5.75 Å². The van der Waals surface area contributed by atoms with Crippen molar-refractivity contribution in [2.45, 2.75) is 25.4 Å². The lowest BCUT2D eigenvalue weighted by Crippen LogP contribution is -2.35. The molecule has 2 aromatic rings. The van der Waals surface area contributed by atoms with Crippen molar-refractivity contribution < 1.29 is 17.9 Å². The minimum absolute atomic E-state index is 0.185. The summed E-state index contributed by atoms with van der Waals surface area (Å²) in [5.74, 6) is 1.32. The quantitative estimate of drug-likeness (QED) is 0.749. The summed E-state index contributed by atoms with van der Waals surface area (Å²) in [6.45, 7) is 2.25. The van der Waals surface area contributed by atoms with Crippen LogP contribution in [-0.2, 0) is 6.54 Å². The molecule has 1 aromatic carbocycles. The van der Waals surface area contributed by atoms with Gasteiger partial charge in [0, 0.05) is 53.0 Å². The van der Waals surface area contributed by atoms with Gasteiger partial charge < -0.3 is 14.5 Å². The Kier molecular flexibility index (Phi) is 5.93. The Balaban J connectivity index is 1.61. The monoisotopic (exact) mass is 395 g/mol. The molecule has 9 heteroatoms. The lowest BCUT2D eigenvalue weighted by Gasteiger charge is -2.26. The lowest BCUT2D eigenvalue weighted by molar-refractivity contribution is -0.274.